The largest absolute Gasteiger partial charge is 0.487 e. The Kier molecular flexibility index (Phi) is 8.41. The van der Waals surface area contributed by atoms with Crippen LogP contribution in [0.5, 0.6) is 5.75 Å². The first-order valence-electron chi connectivity index (χ1n) is 11.4. The molecule has 1 aliphatic heterocycles. The topological polar surface area (TPSA) is 128 Å². The number of hydrogen-bond donors (Lipinski definition) is 3. The molecule has 0 aromatic heterocycles. The molecule has 0 unspecified atom stereocenters. The van der Waals surface area contributed by atoms with E-state index in [0.717, 1.165) is 6.26 Å². The molecule has 0 saturated carbocycles. The van der Waals surface area contributed by atoms with Gasteiger partial charge in [0.05, 0.1) is 31.0 Å². The van der Waals surface area contributed by atoms with Gasteiger partial charge in [-0.15, -0.1) is 0 Å². The van der Waals surface area contributed by atoms with Gasteiger partial charge in [-0.05, 0) is 49.4 Å². The fraction of sp³-hybridized carbons (Fsp3) is 0.417. The Labute approximate surface area is 210 Å². The molecular formula is C24H31FN4O6S. The highest BCUT2D eigenvalue weighted by Gasteiger charge is 2.34. The zero-order chi connectivity index (χ0) is 26.6. The first-order valence-corrected chi connectivity index (χ1v) is 13.2. The number of rotatable bonds is 7. The van der Waals surface area contributed by atoms with E-state index < -0.39 is 39.9 Å². The van der Waals surface area contributed by atoms with E-state index in [1.807, 2.05) is 6.92 Å². The lowest BCUT2D eigenvalue weighted by Gasteiger charge is -2.38. The molecule has 0 fully saturated rings. The van der Waals surface area contributed by atoms with Gasteiger partial charge in [-0.2, -0.15) is 0 Å². The number of fused-ring (bicyclic) bond motifs is 1. The molecule has 0 bridgehead atoms. The Morgan fingerprint density at radius 2 is 1.89 bits per heavy atom. The van der Waals surface area contributed by atoms with Crippen LogP contribution in [-0.4, -0.2) is 80.4 Å². The third-order valence-corrected chi connectivity index (χ3v) is 6.47. The van der Waals surface area contributed by atoms with Crippen molar-refractivity contribution < 1.29 is 32.2 Å². The van der Waals surface area contributed by atoms with Crippen LogP contribution in [0.25, 0.3) is 0 Å². The van der Waals surface area contributed by atoms with Crippen molar-refractivity contribution in [2.75, 3.05) is 43.0 Å². The summed E-state index contributed by atoms with van der Waals surface area (Å²) >= 11 is 0. The summed E-state index contributed by atoms with van der Waals surface area (Å²) in [5, 5.41) is 12.4. The van der Waals surface area contributed by atoms with Crippen molar-refractivity contribution in [3.8, 4) is 5.75 Å². The van der Waals surface area contributed by atoms with Gasteiger partial charge < -0.3 is 25.0 Å². The molecule has 3 N–H and O–H groups in total. The van der Waals surface area contributed by atoms with Crippen molar-refractivity contribution in [3.63, 3.8) is 0 Å². The molecule has 12 heteroatoms. The first-order chi connectivity index (χ1) is 16.9. The van der Waals surface area contributed by atoms with Crippen LogP contribution < -0.4 is 14.8 Å². The molecule has 0 spiro atoms. The van der Waals surface area contributed by atoms with Gasteiger partial charge in [0.1, 0.15) is 17.7 Å². The summed E-state index contributed by atoms with van der Waals surface area (Å²) in [5.41, 5.74) is 0.773. The summed E-state index contributed by atoms with van der Waals surface area (Å²) in [4.78, 5) is 29.0. The lowest BCUT2D eigenvalue weighted by Crippen LogP contribution is -2.50. The number of halogens is 1. The minimum absolute atomic E-state index is 0.138. The van der Waals surface area contributed by atoms with E-state index in [9.17, 15) is 27.5 Å². The van der Waals surface area contributed by atoms with Gasteiger partial charge in [0.2, 0.25) is 10.0 Å². The molecule has 1 heterocycles. The van der Waals surface area contributed by atoms with Crippen LogP contribution in [0.1, 0.15) is 24.2 Å². The van der Waals surface area contributed by atoms with Gasteiger partial charge in [-0.3, -0.25) is 9.52 Å². The molecule has 0 radical (unpaired) electrons. The van der Waals surface area contributed by atoms with Gasteiger partial charge in [0, 0.05) is 30.9 Å². The average molecular weight is 523 g/mol. The Balaban J connectivity index is 1.88. The fourth-order valence-corrected chi connectivity index (χ4v) is 4.38. The minimum Gasteiger partial charge on any atom is -0.487 e. The predicted octanol–water partition coefficient (Wildman–Crippen LogP) is 2.58. The van der Waals surface area contributed by atoms with Crippen molar-refractivity contribution in [1.82, 2.24) is 9.80 Å². The summed E-state index contributed by atoms with van der Waals surface area (Å²) < 4.78 is 45.1. The molecular weight excluding hydrogens is 491 g/mol. The molecule has 3 rings (SSSR count). The maximum Gasteiger partial charge on any atom is 0.321 e. The van der Waals surface area contributed by atoms with Gasteiger partial charge >= 0.3 is 6.03 Å². The Bertz CT molecular complexity index is 1210. The standard InChI is InChI=1S/C24H31FN4O6S/c1-15-12-29(16(2)14-30)23(31)20-11-19(27-36(4,33)34)9-10-21(20)35-22(15)13-28(3)24(32)26-18-7-5-17(25)6-8-18/h5-11,15-16,22,27,30H,12-14H2,1-4H3,(H,26,32)/t15-,16+,22+/m0/s1. The molecule has 1 aliphatic rings. The fourth-order valence-electron chi connectivity index (χ4n) is 3.82. The second kappa shape index (κ2) is 11.1. The van der Waals surface area contributed by atoms with Gasteiger partial charge in [0.25, 0.3) is 5.91 Å². The third-order valence-electron chi connectivity index (χ3n) is 5.86. The maximum absolute atomic E-state index is 13.4. The SMILES string of the molecule is C[C@H](CO)N1C[C@H](C)[C@@H](CN(C)C(=O)Nc2ccc(F)cc2)Oc2ccc(NS(C)(=O)=O)cc2C1=O. The van der Waals surface area contributed by atoms with Crippen molar-refractivity contribution in [1.29, 1.82) is 0 Å². The molecule has 3 amide bonds. The number of hydrogen-bond acceptors (Lipinski definition) is 6. The van der Waals surface area contributed by atoms with Gasteiger partial charge in [-0.25, -0.2) is 17.6 Å². The van der Waals surface area contributed by atoms with Crippen molar-refractivity contribution in [3.05, 3.63) is 53.8 Å². The zero-order valence-electron chi connectivity index (χ0n) is 20.6. The van der Waals surface area contributed by atoms with Crippen LogP contribution in [0, 0.1) is 11.7 Å². The Morgan fingerprint density at radius 1 is 1.25 bits per heavy atom. The third kappa shape index (κ3) is 6.85. The van der Waals surface area contributed by atoms with Crippen LogP contribution in [0.3, 0.4) is 0 Å². The zero-order valence-corrected chi connectivity index (χ0v) is 21.4. The first kappa shape index (κ1) is 27.2. The number of sulfonamides is 1. The molecule has 2 aromatic carbocycles. The van der Waals surface area contributed by atoms with E-state index in [2.05, 4.69) is 10.0 Å². The van der Waals surface area contributed by atoms with Gasteiger partial charge in [0.15, 0.2) is 0 Å². The smallest absolute Gasteiger partial charge is 0.321 e. The number of likely N-dealkylation sites (N-methyl/N-ethyl adjacent to an activating group) is 1. The van der Waals surface area contributed by atoms with E-state index in [-0.39, 0.29) is 42.6 Å². The Morgan fingerprint density at radius 3 is 2.50 bits per heavy atom. The van der Waals surface area contributed by atoms with E-state index in [0.29, 0.717) is 5.69 Å². The molecule has 10 nitrogen and oxygen atoms in total. The number of benzene rings is 2. The summed E-state index contributed by atoms with van der Waals surface area (Å²) in [5.74, 6) is -0.816. The number of nitrogens with one attached hydrogen (secondary N) is 2. The summed E-state index contributed by atoms with van der Waals surface area (Å²) in [6.45, 7) is 3.73. The molecule has 196 valence electrons. The lowest BCUT2D eigenvalue weighted by molar-refractivity contribution is 0.0371. The maximum atomic E-state index is 13.4. The normalized spacial score (nSPS) is 18.8. The highest BCUT2D eigenvalue weighted by molar-refractivity contribution is 7.92. The predicted molar refractivity (Wildman–Crippen MR) is 134 cm³/mol. The number of amides is 3. The van der Waals surface area contributed by atoms with E-state index in [1.165, 1.54) is 52.3 Å². The monoisotopic (exact) mass is 522 g/mol. The highest BCUT2D eigenvalue weighted by Crippen LogP contribution is 2.31. The number of carbonyl (C=O) groups excluding carboxylic acids is 2. The molecule has 3 atom stereocenters. The molecule has 2 aromatic rings. The van der Waals surface area contributed by atoms with Crippen molar-refractivity contribution >= 4 is 33.3 Å². The van der Waals surface area contributed by atoms with Gasteiger partial charge in [-0.1, -0.05) is 6.92 Å². The minimum atomic E-state index is -3.57. The van der Waals surface area contributed by atoms with Crippen LogP contribution >= 0.6 is 0 Å². The van der Waals surface area contributed by atoms with Crippen LogP contribution in [-0.2, 0) is 10.0 Å². The number of urea groups is 1. The van der Waals surface area contributed by atoms with Crippen molar-refractivity contribution in [2.45, 2.75) is 26.0 Å². The molecule has 0 aliphatic carbocycles. The van der Waals surface area contributed by atoms with Crippen LogP contribution in [0.15, 0.2) is 42.5 Å². The quantitative estimate of drug-likeness (QED) is 0.513. The number of aliphatic hydroxyl groups is 1. The summed E-state index contributed by atoms with van der Waals surface area (Å²) in [6, 6.07) is 8.85. The van der Waals surface area contributed by atoms with Crippen LogP contribution in [0.4, 0.5) is 20.6 Å². The van der Waals surface area contributed by atoms with E-state index in [1.54, 1.807) is 14.0 Å². The second-order valence-electron chi connectivity index (χ2n) is 9.03. The lowest BCUT2D eigenvalue weighted by atomic mass is 9.99. The number of carbonyl (C=O) groups is 2. The van der Waals surface area contributed by atoms with E-state index in [4.69, 9.17) is 4.74 Å². The Hall–Kier alpha value is -3.38. The van der Waals surface area contributed by atoms with Crippen LogP contribution in [0.2, 0.25) is 0 Å². The number of aliphatic hydroxyl groups excluding tert-OH is 1. The second-order valence-corrected chi connectivity index (χ2v) is 10.8. The highest BCUT2D eigenvalue weighted by atomic mass is 32.2. The average Bonchev–Trinajstić information content (AvgIpc) is 2.81. The number of anilines is 2. The molecule has 36 heavy (non-hydrogen) atoms. The molecule has 0 saturated heterocycles. The number of nitrogens with zero attached hydrogens (tertiary/aromatic N) is 2. The van der Waals surface area contributed by atoms with E-state index >= 15 is 0 Å². The summed E-state index contributed by atoms with van der Waals surface area (Å²) in [6.07, 6.45) is 0.468. The number of ether oxygens (including phenoxy) is 1. The van der Waals surface area contributed by atoms with Crippen molar-refractivity contribution in [2.24, 2.45) is 5.92 Å². The summed E-state index contributed by atoms with van der Waals surface area (Å²) in [7, 11) is -1.98.